The first-order valence-electron chi connectivity index (χ1n) is 9.75. The summed E-state index contributed by atoms with van der Waals surface area (Å²) in [7, 11) is 0. The van der Waals surface area contributed by atoms with Crippen LogP contribution in [-0.2, 0) is 0 Å². The molecule has 8 nitrogen and oxygen atoms in total. The Bertz CT molecular complexity index is 1090. The molecule has 3 heterocycles. The predicted molar refractivity (Wildman–Crippen MR) is 113 cm³/mol. The van der Waals surface area contributed by atoms with E-state index in [-0.39, 0.29) is 5.69 Å². The van der Waals surface area contributed by atoms with Crippen LogP contribution in [-0.4, -0.2) is 52.1 Å². The monoisotopic (exact) mass is 425 g/mol. The summed E-state index contributed by atoms with van der Waals surface area (Å²) in [4.78, 5) is 28.8. The standard InChI is InChI=1S/C21H21F2N7O/c1-14-4-5-24-18(10-14)28-19-12-20(26-13-25-19)29-6-8-30(9-7-29)21(31)27-17-11-15(22)2-3-16(17)23/h2-5,10-13H,6-9H2,1H3,(H,27,31)(H,24,25,26,28). The fourth-order valence-electron chi connectivity index (χ4n) is 3.25. The number of aryl methyl sites for hydroxylation is 1. The maximum absolute atomic E-state index is 13.8. The van der Waals surface area contributed by atoms with Crippen molar-refractivity contribution in [3.05, 3.63) is 66.1 Å². The summed E-state index contributed by atoms with van der Waals surface area (Å²) in [5.41, 5.74) is 0.906. The van der Waals surface area contributed by atoms with Gasteiger partial charge in [-0.3, -0.25) is 0 Å². The zero-order valence-electron chi connectivity index (χ0n) is 16.8. The highest BCUT2D eigenvalue weighted by Crippen LogP contribution is 2.20. The number of benzene rings is 1. The molecule has 0 bridgehead atoms. The van der Waals surface area contributed by atoms with Gasteiger partial charge >= 0.3 is 6.03 Å². The summed E-state index contributed by atoms with van der Waals surface area (Å²) in [6, 6.07) is 8.12. The second-order valence-corrected chi connectivity index (χ2v) is 7.13. The van der Waals surface area contributed by atoms with Crippen LogP contribution >= 0.6 is 0 Å². The number of piperazine rings is 1. The van der Waals surface area contributed by atoms with Gasteiger partial charge in [-0.05, 0) is 36.8 Å². The Morgan fingerprint density at radius 1 is 0.968 bits per heavy atom. The normalized spacial score (nSPS) is 13.8. The Morgan fingerprint density at radius 2 is 1.74 bits per heavy atom. The van der Waals surface area contributed by atoms with E-state index in [1.54, 1.807) is 11.1 Å². The van der Waals surface area contributed by atoms with E-state index in [9.17, 15) is 13.6 Å². The maximum Gasteiger partial charge on any atom is 0.322 e. The maximum atomic E-state index is 13.8. The molecule has 4 rings (SSSR count). The average Bonchev–Trinajstić information content (AvgIpc) is 2.76. The second kappa shape index (κ2) is 8.90. The van der Waals surface area contributed by atoms with Crippen molar-refractivity contribution in [1.82, 2.24) is 19.9 Å². The molecule has 0 radical (unpaired) electrons. The number of rotatable bonds is 4. The number of amides is 2. The summed E-state index contributed by atoms with van der Waals surface area (Å²) in [6.07, 6.45) is 3.19. The highest BCUT2D eigenvalue weighted by atomic mass is 19.1. The van der Waals surface area contributed by atoms with Gasteiger partial charge in [0.1, 0.15) is 35.4 Å². The number of carbonyl (C=O) groups is 1. The number of pyridine rings is 1. The third-order valence-corrected chi connectivity index (χ3v) is 4.89. The van der Waals surface area contributed by atoms with Crippen LogP contribution in [0.15, 0.2) is 48.9 Å². The average molecular weight is 425 g/mol. The lowest BCUT2D eigenvalue weighted by molar-refractivity contribution is 0.208. The van der Waals surface area contributed by atoms with Crippen molar-refractivity contribution in [3.8, 4) is 0 Å². The molecule has 1 aromatic carbocycles. The van der Waals surface area contributed by atoms with Gasteiger partial charge in [0.15, 0.2) is 0 Å². The quantitative estimate of drug-likeness (QED) is 0.665. The minimum absolute atomic E-state index is 0.177. The van der Waals surface area contributed by atoms with Crippen LogP contribution < -0.4 is 15.5 Å². The third kappa shape index (κ3) is 5.03. The fourth-order valence-corrected chi connectivity index (χ4v) is 3.25. The van der Waals surface area contributed by atoms with Gasteiger partial charge in [-0.25, -0.2) is 28.5 Å². The van der Waals surface area contributed by atoms with Gasteiger partial charge in [0.2, 0.25) is 0 Å². The summed E-state index contributed by atoms with van der Waals surface area (Å²) in [6.45, 7) is 3.89. The molecule has 2 N–H and O–H groups in total. The van der Waals surface area contributed by atoms with E-state index in [1.165, 1.54) is 6.33 Å². The van der Waals surface area contributed by atoms with E-state index in [4.69, 9.17) is 0 Å². The van der Waals surface area contributed by atoms with Crippen molar-refractivity contribution in [2.75, 3.05) is 41.7 Å². The molecule has 0 spiro atoms. The summed E-state index contributed by atoms with van der Waals surface area (Å²) < 4.78 is 27.1. The Balaban J connectivity index is 1.36. The molecule has 3 aromatic rings. The van der Waals surface area contributed by atoms with Crippen molar-refractivity contribution < 1.29 is 13.6 Å². The number of aromatic nitrogens is 3. The molecular weight excluding hydrogens is 404 g/mol. The number of hydrogen-bond acceptors (Lipinski definition) is 6. The molecular formula is C21H21F2N7O. The number of anilines is 4. The van der Waals surface area contributed by atoms with E-state index in [0.29, 0.717) is 37.8 Å². The van der Waals surface area contributed by atoms with Crippen molar-refractivity contribution in [3.63, 3.8) is 0 Å². The molecule has 10 heteroatoms. The number of carbonyl (C=O) groups excluding carboxylic acids is 1. The molecule has 0 unspecified atom stereocenters. The Kier molecular flexibility index (Phi) is 5.87. The lowest BCUT2D eigenvalue weighted by Gasteiger charge is -2.35. The first kappa shape index (κ1) is 20.5. The van der Waals surface area contributed by atoms with Crippen LogP contribution in [0.25, 0.3) is 0 Å². The van der Waals surface area contributed by atoms with Crippen LogP contribution in [0.5, 0.6) is 0 Å². The molecule has 1 aliphatic heterocycles. The van der Waals surface area contributed by atoms with Crippen molar-refractivity contribution >= 4 is 29.2 Å². The van der Waals surface area contributed by atoms with Crippen molar-refractivity contribution in [2.24, 2.45) is 0 Å². The van der Waals surface area contributed by atoms with Gasteiger partial charge in [-0.15, -0.1) is 0 Å². The van der Waals surface area contributed by atoms with Crippen LogP contribution in [0.3, 0.4) is 0 Å². The Labute approximate surface area is 178 Å². The molecule has 1 fully saturated rings. The molecule has 0 atom stereocenters. The number of nitrogens with one attached hydrogen (secondary N) is 2. The second-order valence-electron chi connectivity index (χ2n) is 7.13. The van der Waals surface area contributed by atoms with Gasteiger partial charge in [-0.1, -0.05) is 0 Å². The van der Waals surface area contributed by atoms with E-state index in [1.807, 2.05) is 30.0 Å². The molecule has 160 valence electrons. The van der Waals surface area contributed by atoms with Crippen LogP contribution in [0.2, 0.25) is 0 Å². The van der Waals surface area contributed by atoms with Gasteiger partial charge in [0, 0.05) is 44.5 Å². The van der Waals surface area contributed by atoms with E-state index in [2.05, 4.69) is 25.6 Å². The van der Waals surface area contributed by atoms with E-state index >= 15 is 0 Å². The summed E-state index contributed by atoms with van der Waals surface area (Å²) >= 11 is 0. The first-order chi connectivity index (χ1) is 15.0. The topological polar surface area (TPSA) is 86.3 Å². The lowest BCUT2D eigenvalue weighted by atomic mass is 10.3. The number of hydrogen-bond donors (Lipinski definition) is 2. The van der Waals surface area contributed by atoms with Gasteiger partial charge in [0.05, 0.1) is 5.69 Å². The summed E-state index contributed by atoms with van der Waals surface area (Å²) in [5.74, 6) is 0.731. The van der Waals surface area contributed by atoms with Crippen LogP contribution in [0.4, 0.5) is 36.7 Å². The van der Waals surface area contributed by atoms with E-state index in [0.717, 1.165) is 29.6 Å². The SMILES string of the molecule is Cc1ccnc(Nc2cc(N3CCN(C(=O)Nc4cc(F)ccc4F)CC3)ncn2)c1. The Hall–Kier alpha value is -3.82. The first-order valence-corrected chi connectivity index (χ1v) is 9.75. The minimum Gasteiger partial charge on any atom is -0.353 e. The molecule has 31 heavy (non-hydrogen) atoms. The largest absolute Gasteiger partial charge is 0.353 e. The van der Waals surface area contributed by atoms with Gasteiger partial charge in [-0.2, -0.15) is 0 Å². The minimum atomic E-state index is -0.683. The molecule has 2 aromatic heterocycles. The molecule has 0 aliphatic carbocycles. The molecule has 0 saturated carbocycles. The third-order valence-electron chi connectivity index (χ3n) is 4.89. The summed E-state index contributed by atoms with van der Waals surface area (Å²) in [5, 5.41) is 5.59. The highest BCUT2D eigenvalue weighted by molar-refractivity contribution is 5.89. The van der Waals surface area contributed by atoms with Crippen LogP contribution in [0, 0.1) is 18.6 Å². The number of nitrogens with zero attached hydrogens (tertiary/aromatic N) is 5. The van der Waals surface area contributed by atoms with Crippen molar-refractivity contribution in [1.29, 1.82) is 0 Å². The zero-order chi connectivity index (χ0) is 21.8. The molecule has 1 saturated heterocycles. The zero-order valence-corrected chi connectivity index (χ0v) is 16.8. The number of urea groups is 1. The predicted octanol–water partition coefficient (Wildman–Crippen LogP) is 3.56. The van der Waals surface area contributed by atoms with E-state index < -0.39 is 17.7 Å². The highest BCUT2D eigenvalue weighted by Gasteiger charge is 2.23. The van der Waals surface area contributed by atoms with Gasteiger partial charge in [0.25, 0.3) is 0 Å². The van der Waals surface area contributed by atoms with Gasteiger partial charge < -0.3 is 20.4 Å². The molecule has 2 amide bonds. The molecule has 1 aliphatic rings. The lowest BCUT2D eigenvalue weighted by Crippen LogP contribution is -2.50. The fraction of sp³-hybridized carbons (Fsp3) is 0.238. The Morgan fingerprint density at radius 3 is 2.52 bits per heavy atom. The van der Waals surface area contributed by atoms with Crippen molar-refractivity contribution in [2.45, 2.75) is 6.92 Å². The smallest absolute Gasteiger partial charge is 0.322 e. The number of halogens is 2. The van der Waals surface area contributed by atoms with Crippen LogP contribution in [0.1, 0.15) is 5.56 Å².